The van der Waals surface area contributed by atoms with Gasteiger partial charge in [-0.1, -0.05) is 19.9 Å². The molecule has 1 fully saturated rings. The summed E-state index contributed by atoms with van der Waals surface area (Å²) in [6, 6.07) is 7.98. The van der Waals surface area contributed by atoms with Crippen LogP contribution in [0.5, 0.6) is 0 Å². The van der Waals surface area contributed by atoms with Gasteiger partial charge in [-0.2, -0.15) is 0 Å². The van der Waals surface area contributed by atoms with Crippen molar-refractivity contribution in [3.05, 3.63) is 52.9 Å². The number of carboxylic acid groups (broad SMARTS) is 1. The number of carbonyl (C=O) groups is 1. The first kappa shape index (κ1) is 22.4. The molecule has 0 amide bonds. The fourth-order valence-corrected chi connectivity index (χ4v) is 5.64. The molecule has 2 heterocycles. The van der Waals surface area contributed by atoms with Crippen LogP contribution in [0.25, 0.3) is 10.4 Å². The quantitative estimate of drug-likeness (QED) is 0.504. The van der Waals surface area contributed by atoms with Crippen LogP contribution in [-0.4, -0.2) is 31.1 Å². The predicted octanol–water partition coefficient (Wildman–Crippen LogP) is 4.91. The van der Waals surface area contributed by atoms with Gasteiger partial charge in [-0.3, -0.25) is 4.79 Å². The summed E-state index contributed by atoms with van der Waals surface area (Å²) in [5, 5.41) is 24.9. The monoisotopic (exact) mass is 452 g/mol. The Morgan fingerprint density at radius 3 is 2.72 bits per heavy atom. The van der Waals surface area contributed by atoms with Crippen molar-refractivity contribution in [1.82, 2.24) is 15.0 Å². The molecule has 1 aliphatic rings. The molecule has 168 valence electrons. The minimum Gasteiger partial charge on any atom is -0.481 e. The molecule has 4 rings (SSSR count). The van der Waals surface area contributed by atoms with E-state index in [0.29, 0.717) is 23.8 Å². The fraction of sp³-hybridized carbons (Fsp3) is 0.417. The highest BCUT2D eigenvalue weighted by molar-refractivity contribution is 7.15. The number of nitrogens with zero attached hydrogens (tertiary/aromatic N) is 3. The number of nitrogens with one attached hydrogen (secondary N) is 1. The SMILES string of the molecule is Cc1cc(Nc2nccc(C)n2)cc(-c2cnc([C@@]3(O)C[C@@H](C)[C@H](C(=O)O)C[C@H]3C)s2)c1. The molecule has 1 saturated carbocycles. The molecule has 0 saturated heterocycles. The maximum Gasteiger partial charge on any atom is 0.306 e. The molecule has 4 atom stereocenters. The Kier molecular flexibility index (Phi) is 6.01. The highest BCUT2D eigenvalue weighted by Crippen LogP contribution is 2.48. The first-order valence-corrected chi connectivity index (χ1v) is 11.6. The Morgan fingerprint density at radius 1 is 1.22 bits per heavy atom. The van der Waals surface area contributed by atoms with E-state index in [1.54, 1.807) is 12.4 Å². The van der Waals surface area contributed by atoms with Crippen LogP contribution in [0.2, 0.25) is 0 Å². The number of rotatable bonds is 5. The average Bonchev–Trinajstić information content (AvgIpc) is 3.21. The fourth-order valence-electron chi connectivity index (χ4n) is 4.53. The predicted molar refractivity (Wildman–Crippen MR) is 125 cm³/mol. The summed E-state index contributed by atoms with van der Waals surface area (Å²) < 4.78 is 0. The lowest BCUT2D eigenvalue weighted by molar-refractivity contribution is -0.152. The van der Waals surface area contributed by atoms with Gasteiger partial charge in [0.2, 0.25) is 5.95 Å². The van der Waals surface area contributed by atoms with Gasteiger partial charge in [-0.15, -0.1) is 11.3 Å². The minimum absolute atomic E-state index is 0.120. The molecule has 0 unspecified atom stereocenters. The number of aliphatic carboxylic acids is 1. The van der Waals surface area contributed by atoms with E-state index in [4.69, 9.17) is 0 Å². The Balaban J connectivity index is 1.61. The number of aromatic nitrogens is 3. The molecule has 1 aromatic carbocycles. The summed E-state index contributed by atoms with van der Waals surface area (Å²) in [6.45, 7) is 7.76. The molecule has 3 N–H and O–H groups in total. The van der Waals surface area contributed by atoms with Crippen LogP contribution in [0.15, 0.2) is 36.7 Å². The Hall–Kier alpha value is -2.84. The summed E-state index contributed by atoms with van der Waals surface area (Å²) in [5.41, 5.74) is 2.72. The third kappa shape index (κ3) is 4.38. The van der Waals surface area contributed by atoms with Crippen molar-refractivity contribution in [3.63, 3.8) is 0 Å². The summed E-state index contributed by atoms with van der Waals surface area (Å²) >= 11 is 1.47. The van der Waals surface area contributed by atoms with Crippen LogP contribution in [-0.2, 0) is 10.4 Å². The molecule has 2 aromatic heterocycles. The lowest BCUT2D eigenvalue weighted by Gasteiger charge is -2.42. The van der Waals surface area contributed by atoms with Gasteiger partial charge in [0.25, 0.3) is 0 Å². The van der Waals surface area contributed by atoms with Gasteiger partial charge in [0, 0.05) is 23.8 Å². The summed E-state index contributed by atoms with van der Waals surface area (Å²) in [4.78, 5) is 25.7. The van der Waals surface area contributed by atoms with Gasteiger partial charge in [0.1, 0.15) is 10.6 Å². The van der Waals surface area contributed by atoms with E-state index in [2.05, 4.69) is 26.3 Å². The Bertz CT molecular complexity index is 1150. The molecule has 1 aliphatic carbocycles. The minimum atomic E-state index is -1.12. The standard InChI is InChI=1S/C24H28N4O3S/c1-13-7-17(10-18(8-13)28-23-25-6-5-16(4)27-23)20-12-26-22(32-20)24(31)11-14(2)19(21(29)30)9-15(24)3/h5-8,10,12,14-15,19,31H,9,11H2,1-4H3,(H,29,30)(H,25,27,28)/t14-,15-,19-,24-/m1/s1. The first-order chi connectivity index (χ1) is 15.2. The number of anilines is 2. The second-order valence-corrected chi connectivity index (χ2v) is 9.98. The molecule has 0 radical (unpaired) electrons. The number of benzene rings is 1. The van der Waals surface area contributed by atoms with Gasteiger partial charge >= 0.3 is 5.97 Å². The molecule has 3 aromatic rings. The van der Waals surface area contributed by atoms with Gasteiger partial charge in [0.15, 0.2) is 0 Å². The molecule has 0 aliphatic heterocycles. The van der Waals surface area contributed by atoms with Crippen molar-refractivity contribution < 1.29 is 15.0 Å². The third-order valence-electron chi connectivity index (χ3n) is 6.35. The average molecular weight is 453 g/mol. The maximum atomic E-state index is 11.6. The molecule has 0 spiro atoms. The second-order valence-electron chi connectivity index (χ2n) is 8.95. The number of hydrogen-bond acceptors (Lipinski definition) is 7. The van der Waals surface area contributed by atoms with Crippen molar-refractivity contribution in [3.8, 4) is 10.4 Å². The molecule has 8 heteroatoms. The highest BCUT2D eigenvalue weighted by Gasteiger charge is 2.48. The van der Waals surface area contributed by atoms with E-state index in [-0.39, 0.29) is 11.8 Å². The van der Waals surface area contributed by atoms with Crippen LogP contribution < -0.4 is 5.32 Å². The number of aryl methyl sites for hydroxylation is 2. The normalized spacial score (nSPS) is 25.5. The largest absolute Gasteiger partial charge is 0.481 e. The van der Waals surface area contributed by atoms with Crippen LogP contribution >= 0.6 is 11.3 Å². The molecule has 0 bridgehead atoms. The summed E-state index contributed by atoms with van der Waals surface area (Å²) in [7, 11) is 0. The van der Waals surface area contributed by atoms with E-state index in [9.17, 15) is 15.0 Å². The van der Waals surface area contributed by atoms with Crippen molar-refractivity contribution >= 4 is 28.9 Å². The lowest BCUT2D eigenvalue weighted by Crippen LogP contribution is -2.44. The first-order valence-electron chi connectivity index (χ1n) is 10.8. The van der Waals surface area contributed by atoms with Crippen LogP contribution in [0, 0.1) is 31.6 Å². The second kappa shape index (κ2) is 8.60. The zero-order valence-electron chi connectivity index (χ0n) is 18.7. The van der Waals surface area contributed by atoms with Crippen LogP contribution in [0.3, 0.4) is 0 Å². The van der Waals surface area contributed by atoms with E-state index in [1.165, 1.54) is 11.3 Å². The Labute approximate surface area is 191 Å². The summed E-state index contributed by atoms with van der Waals surface area (Å²) in [6.07, 6.45) is 4.35. The zero-order valence-corrected chi connectivity index (χ0v) is 19.5. The van der Waals surface area contributed by atoms with E-state index < -0.39 is 17.5 Å². The number of hydrogen-bond donors (Lipinski definition) is 3. The third-order valence-corrected chi connectivity index (χ3v) is 7.56. The van der Waals surface area contributed by atoms with E-state index >= 15 is 0 Å². The van der Waals surface area contributed by atoms with Crippen molar-refractivity contribution in [2.45, 2.75) is 46.1 Å². The number of thiazole rings is 1. The smallest absolute Gasteiger partial charge is 0.306 e. The van der Waals surface area contributed by atoms with Crippen LogP contribution in [0.4, 0.5) is 11.6 Å². The Morgan fingerprint density at radius 2 is 2.00 bits per heavy atom. The maximum absolute atomic E-state index is 11.6. The molecule has 32 heavy (non-hydrogen) atoms. The summed E-state index contributed by atoms with van der Waals surface area (Å²) in [5.74, 6) is -0.987. The topological polar surface area (TPSA) is 108 Å². The zero-order chi connectivity index (χ0) is 23.0. The van der Waals surface area contributed by atoms with Gasteiger partial charge in [0.05, 0.1) is 10.8 Å². The van der Waals surface area contributed by atoms with Gasteiger partial charge in [-0.25, -0.2) is 15.0 Å². The van der Waals surface area contributed by atoms with E-state index in [0.717, 1.165) is 27.4 Å². The van der Waals surface area contributed by atoms with E-state index in [1.807, 2.05) is 45.9 Å². The van der Waals surface area contributed by atoms with Crippen LogP contribution in [0.1, 0.15) is 43.0 Å². The number of carboxylic acids is 1. The molecular weight excluding hydrogens is 424 g/mol. The van der Waals surface area contributed by atoms with Gasteiger partial charge in [-0.05, 0) is 67.9 Å². The lowest BCUT2D eigenvalue weighted by atomic mass is 9.67. The van der Waals surface area contributed by atoms with Gasteiger partial charge < -0.3 is 15.5 Å². The number of aliphatic hydroxyl groups is 1. The molecular formula is C24H28N4O3S. The van der Waals surface area contributed by atoms with Crippen molar-refractivity contribution in [2.75, 3.05) is 5.32 Å². The van der Waals surface area contributed by atoms with Crippen molar-refractivity contribution in [2.24, 2.45) is 17.8 Å². The van der Waals surface area contributed by atoms with Crippen molar-refractivity contribution in [1.29, 1.82) is 0 Å². The molecule has 7 nitrogen and oxygen atoms in total. The highest BCUT2D eigenvalue weighted by atomic mass is 32.1.